The molecular formula is C17H17N. The van der Waals surface area contributed by atoms with Gasteiger partial charge in [0.05, 0.1) is 0 Å². The Morgan fingerprint density at radius 3 is 2.61 bits per heavy atom. The number of rotatable bonds is 1. The molecule has 1 nitrogen and oxygen atoms in total. The Bertz CT molecular complexity index is 575. The van der Waals surface area contributed by atoms with Crippen molar-refractivity contribution in [3.63, 3.8) is 0 Å². The largest absolute Gasteiger partial charge is 0.312 e. The quantitative estimate of drug-likeness (QED) is 0.801. The first kappa shape index (κ1) is 10.3. The molecule has 18 heavy (non-hydrogen) atoms. The van der Waals surface area contributed by atoms with Gasteiger partial charge in [-0.2, -0.15) is 0 Å². The Balaban J connectivity index is 1.95. The van der Waals surface area contributed by atoms with Crippen molar-refractivity contribution in [3.8, 4) is 0 Å². The van der Waals surface area contributed by atoms with Gasteiger partial charge in [-0.15, -0.1) is 0 Å². The lowest BCUT2D eigenvalue weighted by atomic mass is 9.67. The van der Waals surface area contributed by atoms with Gasteiger partial charge >= 0.3 is 0 Å². The third kappa shape index (κ3) is 1.31. The lowest BCUT2D eigenvalue weighted by Crippen LogP contribution is -2.33. The Morgan fingerprint density at radius 2 is 1.72 bits per heavy atom. The molecular weight excluding hydrogens is 218 g/mol. The highest BCUT2D eigenvalue weighted by atomic mass is 15.0. The molecule has 0 aromatic heterocycles. The first-order chi connectivity index (χ1) is 8.88. The van der Waals surface area contributed by atoms with Crippen LogP contribution in [0.2, 0.25) is 0 Å². The van der Waals surface area contributed by atoms with Crippen molar-refractivity contribution >= 4 is 0 Å². The number of hydrogen-bond donors (Lipinski definition) is 1. The molecule has 0 radical (unpaired) electrons. The Kier molecular flexibility index (Phi) is 2.12. The fourth-order valence-electron chi connectivity index (χ4n) is 3.80. The van der Waals surface area contributed by atoms with Crippen LogP contribution in [-0.4, -0.2) is 12.6 Å². The minimum atomic E-state index is 0.209. The van der Waals surface area contributed by atoms with Gasteiger partial charge in [-0.05, 0) is 29.5 Å². The molecule has 1 aliphatic heterocycles. The average molecular weight is 235 g/mol. The predicted molar refractivity (Wildman–Crippen MR) is 73.8 cm³/mol. The maximum atomic E-state index is 3.70. The van der Waals surface area contributed by atoms with Crippen LogP contribution in [0.1, 0.15) is 23.1 Å². The summed E-state index contributed by atoms with van der Waals surface area (Å²) >= 11 is 0. The van der Waals surface area contributed by atoms with Crippen molar-refractivity contribution in [1.82, 2.24) is 5.32 Å². The van der Waals surface area contributed by atoms with E-state index in [-0.39, 0.29) is 5.41 Å². The first-order valence-corrected chi connectivity index (χ1v) is 6.76. The standard InChI is InChI=1S/C17H17N/c1-2-7-14(8-3-1)17-11-15(18-12-17)10-13-6-4-5-9-16(13)17/h1-9,15,18H,10-12H2. The second-order valence-electron chi connectivity index (χ2n) is 5.59. The Labute approximate surface area is 108 Å². The minimum Gasteiger partial charge on any atom is -0.312 e. The summed E-state index contributed by atoms with van der Waals surface area (Å²) in [6.07, 6.45) is 2.43. The second-order valence-corrected chi connectivity index (χ2v) is 5.59. The average Bonchev–Trinajstić information content (AvgIpc) is 2.80. The van der Waals surface area contributed by atoms with E-state index >= 15 is 0 Å². The van der Waals surface area contributed by atoms with Gasteiger partial charge in [-0.3, -0.25) is 0 Å². The Morgan fingerprint density at radius 1 is 0.944 bits per heavy atom. The maximum Gasteiger partial charge on any atom is 0.0344 e. The summed E-state index contributed by atoms with van der Waals surface area (Å²) in [6, 6.07) is 20.6. The van der Waals surface area contributed by atoms with Crippen LogP contribution in [0.5, 0.6) is 0 Å². The van der Waals surface area contributed by atoms with Gasteiger partial charge in [-0.25, -0.2) is 0 Å². The summed E-state index contributed by atoms with van der Waals surface area (Å²) in [5.74, 6) is 0. The molecule has 1 fully saturated rings. The van der Waals surface area contributed by atoms with Crippen molar-refractivity contribution in [1.29, 1.82) is 0 Å². The van der Waals surface area contributed by atoms with E-state index in [9.17, 15) is 0 Å². The summed E-state index contributed by atoms with van der Waals surface area (Å²) in [5, 5.41) is 3.70. The lowest BCUT2D eigenvalue weighted by molar-refractivity contribution is 0.503. The second kappa shape index (κ2) is 3.69. The zero-order valence-electron chi connectivity index (χ0n) is 10.4. The fourth-order valence-corrected chi connectivity index (χ4v) is 3.80. The predicted octanol–water partition coefficient (Wildman–Crippen LogP) is 2.89. The molecule has 0 amide bonds. The van der Waals surface area contributed by atoms with Gasteiger partial charge in [0.15, 0.2) is 0 Å². The molecule has 1 heterocycles. The van der Waals surface area contributed by atoms with Gasteiger partial charge in [0.25, 0.3) is 0 Å². The van der Waals surface area contributed by atoms with E-state index < -0.39 is 0 Å². The maximum absolute atomic E-state index is 3.70. The molecule has 2 unspecified atom stereocenters. The third-order valence-electron chi connectivity index (χ3n) is 4.61. The highest BCUT2D eigenvalue weighted by Crippen LogP contribution is 2.45. The monoisotopic (exact) mass is 235 g/mol. The highest BCUT2D eigenvalue weighted by molar-refractivity contribution is 5.48. The third-order valence-corrected chi connectivity index (χ3v) is 4.61. The van der Waals surface area contributed by atoms with E-state index in [0.29, 0.717) is 6.04 Å². The number of fused-ring (bicyclic) bond motifs is 4. The number of hydrogen-bond acceptors (Lipinski definition) is 1. The molecule has 2 aromatic carbocycles. The summed E-state index contributed by atoms with van der Waals surface area (Å²) in [5.41, 5.74) is 4.74. The zero-order chi connectivity index (χ0) is 12.0. The van der Waals surface area contributed by atoms with Crippen LogP contribution in [0.4, 0.5) is 0 Å². The lowest BCUT2D eigenvalue weighted by Gasteiger charge is -2.35. The normalized spacial score (nSPS) is 29.0. The molecule has 2 bridgehead atoms. The van der Waals surface area contributed by atoms with E-state index in [4.69, 9.17) is 0 Å². The molecule has 1 aliphatic carbocycles. The topological polar surface area (TPSA) is 12.0 Å². The van der Waals surface area contributed by atoms with Crippen LogP contribution in [0.15, 0.2) is 54.6 Å². The molecule has 2 atom stereocenters. The highest BCUT2D eigenvalue weighted by Gasteiger charge is 2.46. The van der Waals surface area contributed by atoms with E-state index in [1.807, 2.05) is 0 Å². The summed E-state index contributed by atoms with van der Waals surface area (Å²) in [7, 11) is 0. The molecule has 1 saturated heterocycles. The summed E-state index contributed by atoms with van der Waals surface area (Å²) in [4.78, 5) is 0. The van der Waals surface area contributed by atoms with Crippen LogP contribution in [0.3, 0.4) is 0 Å². The van der Waals surface area contributed by atoms with Crippen LogP contribution in [-0.2, 0) is 11.8 Å². The van der Waals surface area contributed by atoms with Gasteiger partial charge in [0.1, 0.15) is 0 Å². The van der Waals surface area contributed by atoms with Crippen LogP contribution in [0.25, 0.3) is 0 Å². The summed E-state index contributed by atoms with van der Waals surface area (Å²) < 4.78 is 0. The Hall–Kier alpha value is -1.60. The summed E-state index contributed by atoms with van der Waals surface area (Å²) in [6.45, 7) is 1.08. The van der Waals surface area contributed by atoms with Crippen molar-refractivity contribution < 1.29 is 0 Å². The minimum absolute atomic E-state index is 0.209. The SMILES string of the molecule is c1ccc(C23CNC(Cc4ccccc42)C3)cc1. The molecule has 1 N–H and O–H groups in total. The zero-order valence-corrected chi connectivity index (χ0v) is 10.4. The molecule has 2 aliphatic rings. The van der Waals surface area contributed by atoms with Crippen molar-refractivity contribution in [3.05, 3.63) is 71.3 Å². The van der Waals surface area contributed by atoms with E-state index in [0.717, 1.165) is 6.54 Å². The molecule has 2 aromatic rings. The molecule has 90 valence electrons. The van der Waals surface area contributed by atoms with E-state index in [2.05, 4.69) is 59.9 Å². The number of nitrogens with one attached hydrogen (secondary N) is 1. The van der Waals surface area contributed by atoms with Crippen LogP contribution >= 0.6 is 0 Å². The van der Waals surface area contributed by atoms with Gasteiger partial charge in [0.2, 0.25) is 0 Å². The number of benzene rings is 2. The van der Waals surface area contributed by atoms with Crippen LogP contribution < -0.4 is 5.32 Å². The smallest absolute Gasteiger partial charge is 0.0344 e. The van der Waals surface area contributed by atoms with Gasteiger partial charge in [-0.1, -0.05) is 54.6 Å². The molecule has 1 heteroatoms. The van der Waals surface area contributed by atoms with Crippen molar-refractivity contribution in [2.45, 2.75) is 24.3 Å². The van der Waals surface area contributed by atoms with Gasteiger partial charge in [0, 0.05) is 18.0 Å². The first-order valence-electron chi connectivity index (χ1n) is 6.76. The molecule has 0 saturated carbocycles. The van der Waals surface area contributed by atoms with E-state index in [1.165, 1.54) is 29.5 Å². The fraction of sp³-hybridized carbons (Fsp3) is 0.294. The molecule has 0 spiro atoms. The molecule has 4 rings (SSSR count). The van der Waals surface area contributed by atoms with Gasteiger partial charge < -0.3 is 5.32 Å². The van der Waals surface area contributed by atoms with Crippen molar-refractivity contribution in [2.24, 2.45) is 0 Å². The van der Waals surface area contributed by atoms with E-state index in [1.54, 1.807) is 0 Å². The van der Waals surface area contributed by atoms with Crippen LogP contribution in [0, 0.1) is 0 Å². The van der Waals surface area contributed by atoms with Crippen molar-refractivity contribution in [2.75, 3.05) is 6.54 Å².